The molecule has 0 spiro atoms. The highest BCUT2D eigenvalue weighted by Gasteiger charge is 2.38. The van der Waals surface area contributed by atoms with Crippen molar-refractivity contribution in [2.24, 2.45) is 5.92 Å². The fraction of sp³-hybridized carbons (Fsp3) is 0.900. The van der Waals surface area contributed by atoms with Crippen LogP contribution < -0.4 is 5.32 Å². The average molecular weight is 182 g/mol. The lowest BCUT2D eigenvalue weighted by Crippen LogP contribution is -2.59. The summed E-state index contributed by atoms with van der Waals surface area (Å²) in [5.41, 5.74) is 0. The van der Waals surface area contributed by atoms with Crippen LogP contribution >= 0.6 is 0 Å². The Labute approximate surface area is 79.5 Å². The van der Waals surface area contributed by atoms with E-state index in [0.717, 1.165) is 13.1 Å². The Morgan fingerprint density at radius 1 is 1.54 bits per heavy atom. The Hall–Kier alpha value is -0.570. The second-order valence-electron chi connectivity index (χ2n) is 4.46. The summed E-state index contributed by atoms with van der Waals surface area (Å²) in [7, 11) is 0. The van der Waals surface area contributed by atoms with E-state index in [1.807, 2.05) is 0 Å². The van der Waals surface area contributed by atoms with Crippen LogP contribution in [0, 0.1) is 5.92 Å². The van der Waals surface area contributed by atoms with E-state index in [1.165, 1.54) is 12.8 Å². The van der Waals surface area contributed by atoms with Crippen LogP contribution in [-0.2, 0) is 4.79 Å². The molecule has 2 saturated heterocycles. The average Bonchev–Trinajstić information content (AvgIpc) is 2.52. The van der Waals surface area contributed by atoms with Crippen LogP contribution in [0.1, 0.15) is 26.7 Å². The summed E-state index contributed by atoms with van der Waals surface area (Å²) in [6.45, 7) is 6.18. The standard InChI is InChI=1S/C10H18N2O/c1-7(2)9-10(13)12-5-3-4-8(12)6-11-9/h7-9,11H,3-6H2,1-2H3. The van der Waals surface area contributed by atoms with Crippen molar-refractivity contribution in [3.63, 3.8) is 0 Å². The van der Waals surface area contributed by atoms with Gasteiger partial charge in [0.25, 0.3) is 0 Å². The van der Waals surface area contributed by atoms with Gasteiger partial charge in [-0.1, -0.05) is 13.8 Å². The van der Waals surface area contributed by atoms with Gasteiger partial charge in [-0.15, -0.1) is 0 Å². The molecule has 0 saturated carbocycles. The zero-order valence-electron chi connectivity index (χ0n) is 8.42. The lowest BCUT2D eigenvalue weighted by molar-refractivity contribution is -0.138. The zero-order valence-corrected chi connectivity index (χ0v) is 8.42. The van der Waals surface area contributed by atoms with Gasteiger partial charge in [0.2, 0.25) is 5.91 Å². The smallest absolute Gasteiger partial charge is 0.240 e. The van der Waals surface area contributed by atoms with Gasteiger partial charge in [-0.25, -0.2) is 0 Å². The first-order valence-corrected chi connectivity index (χ1v) is 5.24. The molecule has 1 N–H and O–H groups in total. The van der Waals surface area contributed by atoms with Gasteiger partial charge in [-0.2, -0.15) is 0 Å². The quantitative estimate of drug-likeness (QED) is 0.644. The molecule has 3 heteroatoms. The van der Waals surface area contributed by atoms with E-state index in [0.29, 0.717) is 17.9 Å². The summed E-state index contributed by atoms with van der Waals surface area (Å²) >= 11 is 0. The highest BCUT2D eigenvalue weighted by Crippen LogP contribution is 2.22. The fourth-order valence-corrected chi connectivity index (χ4v) is 2.39. The number of hydrogen-bond donors (Lipinski definition) is 1. The second kappa shape index (κ2) is 3.29. The van der Waals surface area contributed by atoms with E-state index in [4.69, 9.17) is 0 Å². The first-order chi connectivity index (χ1) is 6.20. The molecule has 2 rings (SSSR count). The molecule has 0 aliphatic carbocycles. The van der Waals surface area contributed by atoms with Gasteiger partial charge in [0, 0.05) is 19.1 Å². The third-order valence-corrected chi connectivity index (χ3v) is 3.17. The van der Waals surface area contributed by atoms with Crippen molar-refractivity contribution in [3.05, 3.63) is 0 Å². The number of rotatable bonds is 1. The molecule has 0 radical (unpaired) electrons. The van der Waals surface area contributed by atoms with E-state index in [-0.39, 0.29) is 6.04 Å². The molecule has 1 amide bonds. The largest absolute Gasteiger partial charge is 0.337 e. The number of nitrogens with one attached hydrogen (secondary N) is 1. The molecule has 74 valence electrons. The molecule has 2 heterocycles. The molecule has 0 aromatic heterocycles. The highest BCUT2D eigenvalue weighted by atomic mass is 16.2. The van der Waals surface area contributed by atoms with Crippen LogP contribution in [0.4, 0.5) is 0 Å². The van der Waals surface area contributed by atoms with Gasteiger partial charge in [0.15, 0.2) is 0 Å². The third kappa shape index (κ3) is 1.46. The van der Waals surface area contributed by atoms with Crippen molar-refractivity contribution in [1.29, 1.82) is 0 Å². The number of fused-ring (bicyclic) bond motifs is 1. The molecular formula is C10H18N2O. The van der Waals surface area contributed by atoms with E-state index in [1.54, 1.807) is 0 Å². The Bertz CT molecular complexity index is 211. The minimum atomic E-state index is 0.0642. The molecule has 0 aromatic carbocycles. The Kier molecular flexibility index (Phi) is 2.28. The SMILES string of the molecule is CC(C)C1NCC2CCCN2C1=O. The highest BCUT2D eigenvalue weighted by molar-refractivity contribution is 5.83. The van der Waals surface area contributed by atoms with E-state index >= 15 is 0 Å². The number of carbonyl (C=O) groups is 1. The molecule has 0 aromatic rings. The maximum absolute atomic E-state index is 11.9. The molecular weight excluding hydrogens is 164 g/mol. The Balaban J connectivity index is 2.09. The zero-order chi connectivity index (χ0) is 9.42. The van der Waals surface area contributed by atoms with Gasteiger partial charge in [0.1, 0.15) is 0 Å². The van der Waals surface area contributed by atoms with E-state index in [2.05, 4.69) is 24.1 Å². The second-order valence-corrected chi connectivity index (χ2v) is 4.46. The van der Waals surface area contributed by atoms with Crippen molar-refractivity contribution >= 4 is 5.91 Å². The van der Waals surface area contributed by atoms with Crippen LogP contribution in [0.25, 0.3) is 0 Å². The van der Waals surface area contributed by atoms with Gasteiger partial charge >= 0.3 is 0 Å². The summed E-state index contributed by atoms with van der Waals surface area (Å²) in [6, 6.07) is 0.553. The van der Waals surface area contributed by atoms with Crippen LogP contribution in [0.2, 0.25) is 0 Å². The van der Waals surface area contributed by atoms with Crippen molar-refractivity contribution in [2.45, 2.75) is 38.8 Å². The molecule has 2 aliphatic heterocycles. The van der Waals surface area contributed by atoms with Crippen LogP contribution in [0.3, 0.4) is 0 Å². The van der Waals surface area contributed by atoms with Crippen molar-refractivity contribution < 1.29 is 4.79 Å². The Morgan fingerprint density at radius 2 is 2.31 bits per heavy atom. The van der Waals surface area contributed by atoms with Crippen molar-refractivity contribution in [1.82, 2.24) is 10.2 Å². The molecule has 0 bridgehead atoms. The first kappa shape index (κ1) is 9.00. The van der Waals surface area contributed by atoms with Crippen LogP contribution in [0.5, 0.6) is 0 Å². The number of hydrogen-bond acceptors (Lipinski definition) is 2. The number of amides is 1. The van der Waals surface area contributed by atoms with Gasteiger partial charge < -0.3 is 10.2 Å². The lowest BCUT2D eigenvalue weighted by atomic mass is 9.99. The minimum Gasteiger partial charge on any atom is -0.337 e. The fourth-order valence-electron chi connectivity index (χ4n) is 2.39. The number of piperazine rings is 1. The summed E-state index contributed by atoms with van der Waals surface area (Å²) < 4.78 is 0. The molecule has 2 atom stereocenters. The van der Waals surface area contributed by atoms with Crippen LogP contribution in [-0.4, -0.2) is 36.0 Å². The van der Waals surface area contributed by atoms with Crippen molar-refractivity contribution in [3.8, 4) is 0 Å². The normalized spacial score (nSPS) is 34.1. The maximum atomic E-state index is 11.9. The minimum absolute atomic E-state index is 0.0642. The molecule has 13 heavy (non-hydrogen) atoms. The molecule has 2 fully saturated rings. The maximum Gasteiger partial charge on any atom is 0.240 e. The Morgan fingerprint density at radius 3 is 3.00 bits per heavy atom. The van der Waals surface area contributed by atoms with Gasteiger partial charge in [-0.05, 0) is 18.8 Å². The lowest BCUT2D eigenvalue weighted by Gasteiger charge is -2.37. The van der Waals surface area contributed by atoms with E-state index in [9.17, 15) is 4.79 Å². The predicted molar refractivity (Wildman–Crippen MR) is 51.4 cm³/mol. The summed E-state index contributed by atoms with van der Waals surface area (Å²) in [4.78, 5) is 14.0. The monoisotopic (exact) mass is 182 g/mol. The van der Waals surface area contributed by atoms with Crippen molar-refractivity contribution in [2.75, 3.05) is 13.1 Å². The van der Waals surface area contributed by atoms with Crippen LogP contribution in [0.15, 0.2) is 0 Å². The summed E-state index contributed by atoms with van der Waals surface area (Å²) in [5.74, 6) is 0.734. The molecule has 2 aliphatic rings. The number of carbonyl (C=O) groups excluding carboxylic acids is 1. The molecule has 2 unspecified atom stereocenters. The first-order valence-electron chi connectivity index (χ1n) is 5.24. The summed E-state index contributed by atoms with van der Waals surface area (Å²) in [6.07, 6.45) is 2.37. The topological polar surface area (TPSA) is 32.3 Å². The third-order valence-electron chi connectivity index (χ3n) is 3.17. The number of nitrogens with zero attached hydrogens (tertiary/aromatic N) is 1. The van der Waals surface area contributed by atoms with Gasteiger partial charge in [-0.3, -0.25) is 4.79 Å². The summed E-state index contributed by atoms with van der Waals surface area (Å²) in [5, 5.41) is 3.35. The van der Waals surface area contributed by atoms with Gasteiger partial charge in [0.05, 0.1) is 6.04 Å². The molecule has 3 nitrogen and oxygen atoms in total. The predicted octanol–water partition coefficient (Wildman–Crippen LogP) is 0.605. The van der Waals surface area contributed by atoms with E-state index < -0.39 is 0 Å².